The van der Waals surface area contributed by atoms with Gasteiger partial charge >= 0.3 is 6.18 Å². The van der Waals surface area contributed by atoms with Crippen molar-refractivity contribution in [3.8, 4) is 0 Å². The Morgan fingerprint density at radius 3 is 2.27 bits per heavy atom. The van der Waals surface area contributed by atoms with Crippen molar-refractivity contribution in [1.29, 1.82) is 0 Å². The lowest BCUT2D eigenvalue weighted by molar-refractivity contribution is -0.137. The van der Waals surface area contributed by atoms with Crippen molar-refractivity contribution >= 4 is 27.7 Å². The second kappa shape index (κ2) is 9.46. The van der Waals surface area contributed by atoms with E-state index in [1.54, 1.807) is 4.90 Å². The van der Waals surface area contributed by atoms with E-state index in [0.717, 1.165) is 12.1 Å². The third-order valence-electron chi connectivity index (χ3n) is 5.34. The van der Waals surface area contributed by atoms with Gasteiger partial charge in [0, 0.05) is 39.3 Å². The third-order valence-corrected chi connectivity index (χ3v) is 8.67. The molecule has 0 saturated carbocycles. The van der Waals surface area contributed by atoms with Crippen LogP contribution in [0.4, 0.5) is 13.2 Å². The number of hydrogen-bond donors (Lipinski definition) is 0. The van der Waals surface area contributed by atoms with Crippen molar-refractivity contribution < 1.29 is 26.4 Å². The van der Waals surface area contributed by atoms with Gasteiger partial charge < -0.3 is 4.90 Å². The maximum absolute atomic E-state index is 12.8. The molecule has 2 heterocycles. The van der Waals surface area contributed by atoms with Crippen molar-refractivity contribution in [2.75, 3.05) is 50.8 Å². The Morgan fingerprint density at radius 1 is 1.07 bits per heavy atom. The van der Waals surface area contributed by atoms with Gasteiger partial charge in [0.25, 0.3) is 0 Å². The minimum absolute atomic E-state index is 0.0333. The molecule has 2 aliphatic rings. The second-order valence-corrected chi connectivity index (χ2v) is 10.6. The molecule has 168 valence electrons. The highest BCUT2D eigenvalue weighted by Gasteiger charge is 2.35. The Balaban J connectivity index is 1.56. The summed E-state index contributed by atoms with van der Waals surface area (Å²) in [6.07, 6.45) is -3.80. The van der Waals surface area contributed by atoms with Gasteiger partial charge in [-0.2, -0.15) is 17.5 Å². The quantitative estimate of drug-likeness (QED) is 0.620. The summed E-state index contributed by atoms with van der Waals surface area (Å²) >= 11 is 1.41. The van der Waals surface area contributed by atoms with Crippen LogP contribution in [0.15, 0.2) is 24.3 Å². The summed E-state index contributed by atoms with van der Waals surface area (Å²) < 4.78 is 64.2. The van der Waals surface area contributed by atoms with Crippen LogP contribution >= 0.6 is 11.8 Å². The molecule has 1 amide bonds. The van der Waals surface area contributed by atoms with Gasteiger partial charge in [-0.05, 0) is 24.1 Å². The zero-order chi connectivity index (χ0) is 21.9. The Kier molecular flexibility index (Phi) is 7.36. The zero-order valence-electron chi connectivity index (χ0n) is 16.8. The average molecular weight is 466 g/mol. The van der Waals surface area contributed by atoms with Crippen LogP contribution in [0.3, 0.4) is 0 Å². The first kappa shape index (κ1) is 23.4. The van der Waals surface area contributed by atoms with Gasteiger partial charge in [0.2, 0.25) is 15.9 Å². The van der Waals surface area contributed by atoms with E-state index in [0.29, 0.717) is 57.0 Å². The summed E-state index contributed by atoms with van der Waals surface area (Å²) in [6.45, 7) is 4.98. The molecule has 2 aliphatic heterocycles. The SMILES string of the molecule is CCCS(=O)(=O)N1CCN(CCN2C(=O)CSC2c2ccc(C(F)(F)F)cc2)CC1. The fourth-order valence-electron chi connectivity index (χ4n) is 3.68. The lowest BCUT2D eigenvalue weighted by Gasteiger charge is -2.35. The first-order valence-corrected chi connectivity index (χ1v) is 12.6. The van der Waals surface area contributed by atoms with Gasteiger partial charge in [-0.3, -0.25) is 9.69 Å². The molecule has 1 atom stereocenters. The summed E-state index contributed by atoms with van der Waals surface area (Å²) in [5, 5.41) is -0.300. The van der Waals surface area contributed by atoms with E-state index in [1.165, 1.54) is 28.2 Å². The predicted molar refractivity (Wildman–Crippen MR) is 110 cm³/mol. The number of halogens is 3. The standard InChI is InChI=1S/C19H26F3N3O3S2/c1-2-13-30(27,28)24-10-7-23(8-11-24)9-12-25-17(26)14-29-18(25)15-3-5-16(6-4-15)19(20,21)22/h3-6,18H,2,7-14H2,1H3. The molecule has 0 aromatic heterocycles. The van der Waals surface area contributed by atoms with Crippen LogP contribution < -0.4 is 0 Å². The van der Waals surface area contributed by atoms with Crippen LogP contribution in [0.5, 0.6) is 0 Å². The van der Waals surface area contributed by atoms with E-state index in [4.69, 9.17) is 0 Å². The Hall–Kier alpha value is -1.30. The summed E-state index contributed by atoms with van der Waals surface area (Å²) in [5.41, 5.74) is -0.0302. The molecule has 30 heavy (non-hydrogen) atoms. The van der Waals surface area contributed by atoms with E-state index >= 15 is 0 Å². The molecule has 1 unspecified atom stereocenters. The minimum Gasteiger partial charge on any atom is -0.325 e. The number of thioether (sulfide) groups is 1. The van der Waals surface area contributed by atoms with Gasteiger partial charge in [-0.15, -0.1) is 11.8 Å². The molecule has 2 fully saturated rings. The van der Waals surface area contributed by atoms with Gasteiger partial charge in [0.1, 0.15) is 5.37 Å². The molecule has 2 saturated heterocycles. The number of nitrogens with zero attached hydrogens (tertiary/aromatic N) is 3. The molecule has 0 bridgehead atoms. The number of piperazine rings is 1. The number of carbonyl (C=O) groups excluding carboxylic acids is 1. The van der Waals surface area contributed by atoms with E-state index in [2.05, 4.69) is 4.90 Å². The van der Waals surface area contributed by atoms with Crippen LogP contribution in [0.2, 0.25) is 0 Å². The van der Waals surface area contributed by atoms with Gasteiger partial charge in [0.15, 0.2) is 0 Å². The fraction of sp³-hybridized carbons (Fsp3) is 0.632. The van der Waals surface area contributed by atoms with Crippen molar-refractivity contribution in [2.24, 2.45) is 0 Å². The first-order chi connectivity index (χ1) is 14.1. The number of carbonyl (C=O) groups is 1. The summed E-state index contributed by atoms with van der Waals surface area (Å²) in [4.78, 5) is 16.2. The fourth-order valence-corrected chi connectivity index (χ4v) is 6.39. The summed E-state index contributed by atoms with van der Waals surface area (Å²) in [5.74, 6) is 0.421. The largest absolute Gasteiger partial charge is 0.416 e. The smallest absolute Gasteiger partial charge is 0.325 e. The number of hydrogen-bond acceptors (Lipinski definition) is 5. The molecule has 6 nitrogen and oxygen atoms in total. The third kappa shape index (κ3) is 5.49. The maximum atomic E-state index is 12.8. The van der Waals surface area contributed by atoms with Crippen LogP contribution in [-0.2, 0) is 21.0 Å². The molecule has 3 rings (SSSR count). The number of alkyl halides is 3. The van der Waals surface area contributed by atoms with Gasteiger partial charge in [0.05, 0.1) is 17.1 Å². The van der Waals surface area contributed by atoms with E-state index in [1.807, 2.05) is 6.92 Å². The van der Waals surface area contributed by atoms with Crippen LogP contribution in [0.25, 0.3) is 0 Å². The first-order valence-electron chi connectivity index (χ1n) is 9.90. The molecule has 1 aromatic carbocycles. The average Bonchev–Trinajstić information content (AvgIpc) is 3.06. The molecule has 0 spiro atoms. The van der Waals surface area contributed by atoms with Crippen molar-refractivity contribution in [2.45, 2.75) is 24.9 Å². The lowest BCUT2D eigenvalue weighted by Crippen LogP contribution is -2.50. The predicted octanol–water partition coefficient (Wildman–Crippen LogP) is 2.64. The highest BCUT2D eigenvalue weighted by Crippen LogP contribution is 2.39. The molecule has 0 radical (unpaired) electrons. The van der Waals surface area contributed by atoms with Crippen molar-refractivity contribution in [3.63, 3.8) is 0 Å². The molecule has 11 heteroatoms. The normalized spacial score (nSPS) is 22.1. The number of benzene rings is 1. The second-order valence-electron chi connectivity index (χ2n) is 7.43. The molecular formula is C19H26F3N3O3S2. The van der Waals surface area contributed by atoms with E-state index in [9.17, 15) is 26.4 Å². The summed E-state index contributed by atoms with van der Waals surface area (Å²) in [6, 6.07) is 4.96. The Morgan fingerprint density at radius 2 is 1.70 bits per heavy atom. The number of sulfonamides is 1. The molecule has 0 N–H and O–H groups in total. The van der Waals surface area contributed by atoms with E-state index in [-0.39, 0.29) is 17.0 Å². The molecule has 1 aromatic rings. The van der Waals surface area contributed by atoms with E-state index < -0.39 is 21.8 Å². The van der Waals surface area contributed by atoms with Crippen LogP contribution in [0, 0.1) is 0 Å². The summed E-state index contributed by atoms with van der Waals surface area (Å²) in [7, 11) is -3.20. The minimum atomic E-state index is -4.39. The number of amides is 1. The van der Waals surface area contributed by atoms with Crippen LogP contribution in [-0.4, -0.2) is 79.2 Å². The maximum Gasteiger partial charge on any atom is 0.416 e. The number of rotatable bonds is 7. The molecular weight excluding hydrogens is 439 g/mol. The van der Waals surface area contributed by atoms with Gasteiger partial charge in [-0.1, -0.05) is 19.1 Å². The Bertz CT molecular complexity index is 839. The topological polar surface area (TPSA) is 60.9 Å². The monoisotopic (exact) mass is 465 g/mol. The van der Waals surface area contributed by atoms with Crippen molar-refractivity contribution in [3.05, 3.63) is 35.4 Å². The van der Waals surface area contributed by atoms with Crippen molar-refractivity contribution in [1.82, 2.24) is 14.1 Å². The zero-order valence-corrected chi connectivity index (χ0v) is 18.4. The van der Waals surface area contributed by atoms with Gasteiger partial charge in [-0.25, -0.2) is 8.42 Å². The highest BCUT2D eigenvalue weighted by molar-refractivity contribution is 8.00. The molecule has 0 aliphatic carbocycles. The lowest BCUT2D eigenvalue weighted by atomic mass is 10.1. The van der Waals surface area contributed by atoms with Crippen LogP contribution in [0.1, 0.15) is 29.8 Å². The Labute approximate surface area is 179 Å². The highest BCUT2D eigenvalue weighted by atomic mass is 32.2.